The normalized spacial score (nSPS) is 13.4. The second-order valence-electron chi connectivity index (χ2n) is 4.27. The predicted molar refractivity (Wildman–Crippen MR) is 67.5 cm³/mol. The van der Waals surface area contributed by atoms with Gasteiger partial charge in [0, 0.05) is 6.42 Å². The summed E-state index contributed by atoms with van der Waals surface area (Å²) in [5.74, 6) is 1.51. The topological polar surface area (TPSA) is 68.5 Å². The van der Waals surface area contributed by atoms with Crippen LogP contribution in [0.4, 0.5) is 5.69 Å². The largest absolute Gasteiger partial charge is 0.482 e. The lowest BCUT2D eigenvalue weighted by Gasteiger charge is -2.18. The van der Waals surface area contributed by atoms with Gasteiger partial charge in [-0.3, -0.25) is 9.59 Å². The van der Waals surface area contributed by atoms with E-state index in [1.165, 1.54) is 0 Å². The van der Waals surface area contributed by atoms with Crippen LogP contribution in [0.25, 0.3) is 0 Å². The standard InChI is InChI=1S/C14H11NO4/c16-7-11-3-2-10(19-11)5-9-1-4-13-12(6-9)15-14(17)8-18-13/h1-4,6-7H,5,8H2,(H,15,17). The SMILES string of the molecule is O=Cc1ccc(Cc2ccc3c(c2)NC(=O)CO3)o1. The van der Waals surface area contributed by atoms with E-state index in [-0.39, 0.29) is 12.5 Å². The van der Waals surface area contributed by atoms with Crippen LogP contribution in [0, 0.1) is 0 Å². The smallest absolute Gasteiger partial charge is 0.262 e. The van der Waals surface area contributed by atoms with Gasteiger partial charge >= 0.3 is 0 Å². The lowest BCUT2D eigenvalue weighted by atomic mass is 10.1. The monoisotopic (exact) mass is 257 g/mol. The molecule has 1 N–H and O–H groups in total. The van der Waals surface area contributed by atoms with Crippen molar-refractivity contribution in [2.24, 2.45) is 0 Å². The number of carbonyl (C=O) groups excluding carboxylic acids is 2. The molecule has 19 heavy (non-hydrogen) atoms. The average molecular weight is 257 g/mol. The van der Waals surface area contributed by atoms with Crippen molar-refractivity contribution >= 4 is 17.9 Å². The van der Waals surface area contributed by atoms with E-state index in [1.54, 1.807) is 12.1 Å². The third kappa shape index (κ3) is 2.35. The third-order valence-electron chi connectivity index (χ3n) is 2.85. The van der Waals surface area contributed by atoms with Crippen molar-refractivity contribution in [3.63, 3.8) is 0 Å². The van der Waals surface area contributed by atoms with Crippen molar-refractivity contribution < 1.29 is 18.7 Å². The number of ether oxygens (including phenoxy) is 1. The molecule has 1 amide bonds. The zero-order chi connectivity index (χ0) is 13.2. The fraction of sp³-hybridized carbons (Fsp3) is 0.143. The van der Waals surface area contributed by atoms with Crippen molar-refractivity contribution in [1.29, 1.82) is 0 Å². The molecule has 2 aromatic rings. The van der Waals surface area contributed by atoms with E-state index in [1.807, 2.05) is 18.2 Å². The van der Waals surface area contributed by atoms with Gasteiger partial charge in [0.25, 0.3) is 5.91 Å². The van der Waals surface area contributed by atoms with Crippen LogP contribution in [0.5, 0.6) is 5.75 Å². The summed E-state index contributed by atoms with van der Waals surface area (Å²) >= 11 is 0. The van der Waals surface area contributed by atoms with Gasteiger partial charge in [-0.2, -0.15) is 0 Å². The van der Waals surface area contributed by atoms with Crippen LogP contribution in [0.2, 0.25) is 0 Å². The number of rotatable bonds is 3. The Hall–Kier alpha value is -2.56. The predicted octanol–water partition coefficient (Wildman–Crippen LogP) is 2.01. The van der Waals surface area contributed by atoms with E-state index in [0.29, 0.717) is 35.7 Å². The van der Waals surface area contributed by atoms with E-state index in [0.717, 1.165) is 5.56 Å². The summed E-state index contributed by atoms with van der Waals surface area (Å²) in [6, 6.07) is 8.95. The Kier molecular flexibility index (Phi) is 2.79. The second kappa shape index (κ2) is 4.61. The van der Waals surface area contributed by atoms with Gasteiger partial charge in [-0.25, -0.2) is 0 Å². The van der Waals surface area contributed by atoms with Gasteiger partial charge < -0.3 is 14.5 Å². The minimum Gasteiger partial charge on any atom is -0.482 e. The number of amides is 1. The van der Waals surface area contributed by atoms with Crippen LogP contribution < -0.4 is 10.1 Å². The maximum atomic E-state index is 11.2. The molecule has 0 fully saturated rings. The lowest BCUT2D eigenvalue weighted by molar-refractivity contribution is -0.118. The molecule has 0 unspecified atom stereocenters. The van der Waals surface area contributed by atoms with Gasteiger partial charge in [-0.05, 0) is 29.8 Å². The second-order valence-corrected chi connectivity index (χ2v) is 4.27. The zero-order valence-electron chi connectivity index (χ0n) is 10.0. The van der Waals surface area contributed by atoms with E-state index >= 15 is 0 Å². The number of nitrogens with one attached hydrogen (secondary N) is 1. The molecule has 1 aromatic carbocycles. The summed E-state index contributed by atoms with van der Waals surface area (Å²) < 4.78 is 10.6. The number of aldehydes is 1. The molecule has 0 saturated carbocycles. The fourth-order valence-electron chi connectivity index (χ4n) is 1.99. The number of furan rings is 1. The zero-order valence-corrected chi connectivity index (χ0v) is 10.0. The van der Waals surface area contributed by atoms with Crippen molar-refractivity contribution in [1.82, 2.24) is 0 Å². The molecule has 0 atom stereocenters. The maximum Gasteiger partial charge on any atom is 0.262 e. The molecule has 0 aliphatic carbocycles. The van der Waals surface area contributed by atoms with Crippen molar-refractivity contribution in [2.45, 2.75) is 6.42 Å². The highest BCUT2D eigenvalue weighted by atomic mass is 16.5. The molecule has 3 rings (SSSR count). The molecule has 96 valence electrons. The summed E-state index contributed by atoms with van der Waals surface area (Å²) in [5, 5.41) is 2.75. The van der Waals surface area contributed by atoms with Crippen LogP contribution in [0.15, 0.2) is 34.7 Å². The van der Waals surface area contributed by atoms with Gasteiger partial charge in [0.05, 0.1) is 5.69 Å². The molecule has 2 heterocycles. The van der Waals surface area contributed by atoms with Gasteiger partial charge in [-0.1, -0.05) is 6.07 Å². The van der Waals surface area contributed by atoms with Crippen LogP contribution in [-0.4, -0.2) is 18.8 Å². The summed E-state index contributed by atoms with van der Waals surface area (Å²) in [5.41, 5.74) is 1.63. The number of hydrogen-bond acceptors (Lipinski definition) is 4. The summed E-state index contributed by atoms with van der Waals surface area (Å²) in [7, 11) is 0. The van der Waals surface area contributed by atoms with Gasteiger partial charge in [0.1, 0.15) is 11.5 Å². The van der Waals surface area contributed by atoms with E-state index in [4.69, 9.17) is 9.15 Å². The van der Waals surface area contributed by atoms with E-state index in [9.17, 15) is 9.59 Å². The Labute approximate surface area is 109 Å². The number of benzene rings is 1. The Bertz CT molecular complexity index is 645. The van der Waals surface area contributed by atoms with Crippen molar-refractivity contribution in [3.05, 3.63) is 47.4 Å². The highest BCUT2D eigenvalue weighted by Gasteiger charge is 2.16. The molecular weight excluding hydrogens is 246 g/mol. The number of carbonyl (C=O) groups is 2. The van der Waals surface area contributed by atoms with Gasteiger partial charge in [0.2, 0.25) is 0 Å². The van der Waals surface area contributed by atoms with Gasteiger partial charge in [-0.15, -0.1) is 0 Å². The molecule has 1 aliphatic heterocycles. The van der Waals surface area contributed by atoms with Crippen molar-refractivity contribution in [2.75, 3.05) is 11.9 Å². The molecule has 0 bridgehead atoms. The summed E-state index contributed by atoms with van der Waals surface area (Å²) in [6.45, 7) is 0.0488. The van der Waals surface area contributed by atoms with E-state index in [2.05, 4.69) is 5.32 Å². The van der Waals surface area contributed by atoms with E-state index < -0.39 is 0 Å². The highest BCUT2D eigenvalue weighted by Crippen LogP contribution is 2.29. The van der Waals surface area contributed by atoms with Crippen LogP contribution in [0.1, 0.15) is 21.9 Å². The van der Waals surface area contributed by atoms with Crippen molar-refractivity contribution in [3.8, 4) is 5.75 Å². The average Bonchev–Trinajstić information content (AvgIpc) is 2.86. The van der Waals surface area contributed by atoms with Crippen LogP contribution >= 0.6 is 0 Å². The fourth-order valence-corrected chi connectivity index (χ4v) is 1.99. The number of fused-ring (bicyclic) bond motifs is 1. The molecule has 5 heteroatoms. The number of hydrogen-bond donors (Lipinski definition) is 1. The minimum absolute atomic E-state index is 0.0488. The number of anilines is 1. The Balaban J connectivity index is 1.83. The third-order valence-corrected chi connectivity index (χ3v) is 2.85. The van der Waals surface area contributed by atoms with Gasteiger partial charge in [0.15, 0.2) is 18.7 Å². The molecule has 0 saturated heterocycles. The first-order chi connectivity index (χ1) is 9.24. The highest BCUT2D eigenvalue weighted by molar-refractivity contribution is 5.95. The first-order valence-electron chi connectivity index (χ1n) is 5.84. The summed E-state index contributed by atoms with van der Waals surface area (Å²) in [6.07, 6.45) is 1.22. The first-order valence-corrected chi connectivity index (χ1v) is 5.84. The minimum atomic E-state index is -0.161. The quantitative estimate of drug-likeness (QED) is 0.854. The first kappa shape index (κ1) is 11.5. The molecule has 1 aliphatic rings. The maximum absolute atomic E-state index is 11.2. The molecule has 5 nitrogen and oxygen atoms in total. The Morgan fingerprint density at radius 2 is 2.16 bits per heavy atom. The molecule has 1 aromatic heterocycles. The molecular formula is C14H11NO4. The van der Waals surface area contributed by atoms with Crippen LogP contribution in [-0.2, 0) is 11.2 Å². The van der Waals surface area contributed by atoms with Crippen LogP contribution in [0.3, 0.4) is 0 Å². The Morgan fingerprint density at radius 3 is 2.95 bits per heavy atom. The molecule has 0 spiro atoms. The summed E-state index contributed by atoms with van der Waals surface area (Å²) in [4.78, 5) is 21.8. The molecule has 0 radical (unpaired) electrons. The lowest BCUT2D eigenvalue weighted by Crippen LogP contribution is -2.25. The Morgan fingerprint density at radius 1 is 1.26 bits per heavy atom.